The molecule has 1 atom stereocenters. The molecule has 1 nitrogen and oxygen atoms in total. The zero-order chi connectivity index (χ0) is 9.14. The van der Waals surface area contributed by atoms with Crippen LogP contribution in [0.15, 0.2) is 24.3 Å². The van der Waals surface area contributed by atoms with E-state index in [0.717, 1.165) is 0 Å². The Morgan fingerprint density at radius 3 is 2.00 bits per heavy atom. The summed E-state index contributed by atoms with van der Waals surface area (Å²) in [6.45, 7) is 1.70. The number of alkyl halides is 2. The summed E-state index contributed by atoms with van der Waals surface area (Å²) in [5.74, 6) is 0. The van der Waals surface area contributed by atoms with E-state index in [4.69, 9.17) is 5.73 Å². The van der Waals surface area contributed by atoms with E-state index in [1.54, 1.807) is 25.1 Å². The van der Waals surface area contributed by atoms with Gasteiger partial charge in [0.2, 0.25) is 0 Å². The number of rotatable bonds is 2. The van der Waals surface area contributed by atoms with Gasteiger partial charge in [-0.1, -0.05) is 24.3 Å². The van der Waals surface area contributed by atoms with E-state index in [0.29, 0.717) is 5.56 Å². The molecule has 0 radical (unpaired) electrons. The van der Waals surface area contributed by atoms with Crippen LogP contribution < -0.4 is 5.73 Å². The average molecular weight is 171 g/mol. The van der Waals surface area contributed by atoms with E-state index in [2.05, 4.69) is 0 Å². The second-order valence-corrected chi connectivity index (χ2v) is 2.72. The van der Waals surface area contributed by atoms with Gasteiger partial charge in [0.05, 0.1) is 0 Å². The van der Waals surface area contributed by atoms with Gasteiger partial charge in [-0.3, -0.25) is 0 Å². The third-order valence-corrected chi connectivity index (χ3v) is 1.72. The van der Waals surface area contributed by atoms with Gasteiger partial charge in [0.25, 0.3) is 6.43 Å². The second kappa shape index (κ2) is 3.63. The summed E-state index contributed by atoms with van der Waals surface area (Å²) in [7, 11) is 0. The minimum atomic E-state index is -2.44. The maximum atomic E-state index is 12.3. The SMILES string of the molecule is C[C@@H](N)c1ccccc1C(F)F. The molecule has 0 aromatic heterocycles. The van der Waals surface area contributed by atoms with Gasteiger partial charge in [0.1, 0.15) is 0 Å². The van der Waals surface area contributed by atoms with Crippen LogP contribution in [0, 0.1) is 0 Å². The van der Waals surface area contributed by atoms with E-state index in [1.165, 1.54) is 6.07 Å². The van der Waals surface area contributed by atoms with E-state index in [-0.39, 0.29) is 11.6 Å². The number of hydrogen-bond acceptors (Lipinski definition) is 1. The molecule has 0 heterocycles. The molecule has 0 bridgehead atoms. The van der Waals surface area contributed by atoms with Crippen molar-refractivity contribution >= 4 is 0 Å². The summed E-state index contributed by atoms with van der Waals surface area (Å²) >= 11 is 0. The van der Waals surface area contributed by atoms with Crippen molar-refractivity contribution < 1.29 is 8.78 Å². The zero-order valence-corrected chi connectivity index (χ0v) is 6.80. The van der Waals surface area contributed by atoms with Gasteiger partial charge in [0.15, 0.2) is 0 Å². The van der Waals surface area contributed by atoms with Crippen molar-refractivity contribution in [2.45, 2.75) is 19.4 Å². The van der Waals surface area contributed by atoms with Crippen LogP contribution in [0.4, 0.5) is 8.78 Å². The summed E-state index contributed by atoms with van der Waals surface area (Å²) in [6.07, 6.45) is -2.44. The lowest BCUT2D eigenvalue weighted by atomic mass is 10.0. The van der Waals surface area contributed by atoms with Gasteiger partial charge in [-0.25, -0.2) is 8.78 Å². The molecular formula is C9H11F2N. The number of nitrogens with two attached hydrogens (primary N) is 1. The molecule has 0 aliphatic carbocycles. The molecule has 2 N–H and O–H groups in total. The van der Waals surface area contributed by atoms with E-state index >= 15 is 0 Å². The molecular weight excluding hydrogens is 160 g/mol. The summed E-state index contributed by atoms with van der Waals surface area (Å²) in [6, 6.07) is 6.00. The highest BCUT2D eigenvalue weighted by Gasteiger charge is 2.13. The predicted octanol–water partition coefficient (Wildman–Crippen LogP) is 2.64. The van der Waals surface area contributed by atoms with Gasteiger partial charge in [-0.05, 0) is 12.5 Å². The summed E-state index contributed by atoms with van der Waals surface area (Å²) in [4.78, 5) is 0. The van der Waals surface area contributed by atoms with Gasteiger partial charge >= 0.3 is 0 Å². The Labute approximate surface area is 70.2 Å². The monoisotopic (exact) mass is 171 g/mol. The Hall–Kier alpha value is -0.960. The summed E-state index contributed by atoms with van der Waals surface area (Å²) in [5.41, 5.74) is 6.07. The molecule has 0 saturated carbocycles. The van der Waals surface area contributed by atoms with E-state index in [9.17, 15) is 8.78 Å². The minimum absolute atomic E-state index is 0.0347. The first kappa shape index (κ1) is 9.13. The quantitative estimate of drug-likeness (QED) is 0.727. The Kier molecular flexibility index (Phi) is 2.76. The van der Waals surface area contributed by atoms with Crippen LogP contribution in [-0.2, 0) is 0 Å². The topological polar surface area (TPSA) is 26.0 Å². The van der Waals surface area contributed by atoms with E-state index < -0.39 is 6.43 Å². The summed E-state index contributed by atoms with van der Waals surface area (Å²) in [5, 5.41) is 0. The highest BCUT2D eigenvalue weighted by Crippen LogP contribution is 2.25. The van der Waals surface area contributed by atoms with Crippen molar-refractivity contribution in [1.29, 1.82) is 0 Å². The van der Waals surface area contributed by atoms with Gasteiger partial charge in [-0.15, -0.1) is 0 Å². The standard InChI is InChI=1S/C9H11F2N/c1-6(12)7-4-2-3-5-8(7)9(10)11/h2-6,9H,12H2,1H3/t6-/m1/s1. The Morgan fingerprint density at radius 1 is 1.17 bits per heavy atom. The molecule has 0 saturated heterocycles. The molecule has 0 spiro atoms. The van der Waals surface area contributed by atoms with Gasteiger partial charge in [-0.2, -0.15) is 0 Å². The molecule has 1 aromatic carbocycles. The Bertz CT molecular complexity index is 231. The van der Waals surface area contributed by atoms with Crippen LogP contribution in [0.25, 0.3) is 0 Å². The number of benzene rings is 1. The summed E-state index contributed by atoms with van der Waals surface area (Å²) < 4.78 is 24.7. The third-order valence-electron chi connectivity index (χ3n) is 1.72. The fraction of sp³-hybridized carbons (Fsp3) is 0.333. The zero-order valence-electron chi connectivity index (χ0n) is 6.80. The maximum Gasteiger partial charge on any atom is 0.264 e. The molecule has 0 aliphatic heterocycles. The third kappa shape index (κ3) is 1.80. The molecule has 0 aliphatic rings. The van der Waals surface area contributed by atoms with Crippen LogP contribution in [0.5, 0.6) is 0 Å². The van der Waals surface area contributed by atoms with Crippen molar-refractivity contribution in [3.05, 3.63) is 35.4 Å². The molecule has 3 heteroatoms. The lowest BCUT2D eigenvalue weighted by Gasteiger charge is -2.10. The number of halogens is 2. The van der Waals surface area contributed by atoms with Gasteiger partial charge < -0.3 is 5.73 Å². The normalized spacial score (nSPS) is 13.4. The lowest BCUT2D eigenvalue weighted by molar-refractivity contribution is 0.150. The number of hydrogen-bond donors (Lipinski definition) is 1. The molecule has 1 aromatic rings. The van der Waals surface area contributed by atoms with Crippen molar-refractivity contribution in [3.63, 3.8) is 0 Å². The Balaban J connectivity index is 3.09. The first-order chi connectivity index (χ1) is 5.63. The first-order valence-electron chi connectivity index (χ1n) is 3.75. The van der Waals surface area contributed by atoms with Crippen LogP contribution in [0.1, 0.15) is 30.5 Å². The van der Waals surface area contributed by atoms with Crippen LogP contribution in [0.3, 0.4) is 0 Å². The molecule has 12 heavy (non-hydrogen) atoms. The fourth-order valence-electron chi connectivity index (χ4n) is 1.12. The van der Waals surface area contributed by atoms with Crippen molar-refractivity contribution in [1.82, 2.24) is 0 Å². The first-order valence-corrected chi connectivity index (χ1v) is 3.75. The van der Waals surface area contributed by atoms with Crippen molar-refractivity contribution in [2.75, 3.05) is 0 Å². The largest absolute Gasteiger partial charge is 0.324 e. The van der Waals surface area contributed by atoms with Crippen LogP contribution in [-0.4, -0.2) is 0 Å². The molecule has 0 fully saturated rings. The Morgan fingerprint density at radius 2 is 1.67 bits per heavy atom. The van der Waals surface area contributed by atoms with Crippen molar-refractivity contribution in [2.24, 2.45) is 5.73 Å². The molecule has 0 amide bonds. The smallest absolute Gasteiger partial charge is 0.264 e. The fourth-order valence-corrected chi connectivity index (χ4v) is 1.12. The molecule has 66 valence electrons. The molecule has 0 unspecified atom stereocenters. The van der Waals surface area contributed by atoms with Crippen LogP contribution >= 0.6 is 0 Å². The molecule has 1 rings (SSSR count). The maximum absolute atomic E-state index is 12.3. The average Bonchev–Trinajstić information content (AvgIpc) is 2.04. The van der Waals surface area contributed by atoms with Crippen molar-refractivity contribution in [3.8, 4) is 0 Å². The van der Waals surface area contributed by atoms with E-state index in [1.807, 2.05) is 0 Å². The second-order valence-electron chi connectivity index (χ2n) is 2.72. The van der Waals surface area contributed by atoms with Crippen LogP contribution in [0.2, 0.25) is 0 Å². The lowest BCUT2D eigenvalue weighted by Crippen LogP contribution is -2.08. The van der Waals surface area contributed by atoms with Gasteiger partial charge in [0, 0.05) is 11.6 Å². The highest BCUT2D eigenvalue weighted by atomic mass is 19.3. The predicted molar refractivity (Wildman–Crippen MR) is 44.0 cm³/mol. The minimum Gasteiger partial charge on any atom is -0.324 e. The highest BCUT2D eigenvalue weighted by molar-refractivity contribution is 5.30.